The van der Waals surface area contributed by atoms with Gasteiger partial charge in [0.05, 0.1) is 11.4 Å². The molecule has 5 heteroatoms. The second-order valence-corrected chi connectivity index (χ2v) is 3.58. The molecule has 3 N–H and O–H groups in total. The number of anilines is 2. The molecule has 0 spiro atoms. The molecule has 0 aliphatic rings. The van der Waals surface area contributed by atoms with Crippen LogP contribution in [-0.2, 0) is 0 Å². The van der Waals surface area contributed by atoms with Crippen molar-refractivity contribution in [1.29, 1.82) is 0 Å². The molecule has 0 aromatic heterocycles. The maximum Gasteiger partial charge on any atom is 0.151 e. The second-order valence-electron chi connectivity index (χ2n) is 3.58. The number of benzene rings is 1. The number of hydrogen-bond acceptors (Lipinski definition) is 3. The fourth-order valence-corrected chi connectivity index (χ4v) is 1.15. The molecule has 0 bridgehead atoms. The van der Waals surface area contributed by atoms with Crippen LogP contribution in [0.25, 0.3) is 0 Å². The minimum Gasteiger partial charge on any atom is -0.395 e. The summed E-state index contributed by atoms with van der Waals surface area (Å²) < 4.78 is 25.9. The quantitative estimate of drug-likeness (QED) is 0.748. The number of hydrogen-bond donors (Lipinski definition) is 2. The number of nitrogens with one attached hydrogen (secondary N) is 1. The van der Waals surface area contributed by atoms with Crippen LogP contribution in [0.3, 0.4) is 0 Å². The van der Waals surface area contributed by atoms with Crippen molar-refractivity contribution >= 4 is 11.4 Å². The first-order valence-corrected chi connectivity index (χ1v) is 4.64. The summed E-state index contributed by atoms with van der Waals surface area (Å²) in [7, 11) is 3.83. The van der Waals surface area contributed by atoms with Crippen molar-refractivity contribution in [2.45, 2.75) is 0 Å². The summed E-state index contributed by atoms with van der Waals surface area (Å²) in [5.41, 5.74) is 5.70. The van der Waals surface area contributed by atoms with Crippen LogP contribution in [0.5, 0.6) is 0 Å². The van der Waals surface area contributed by atoms with E-state index in [1.54, 1.807) is 0 Å². The zero-order valence-corrected chi connectivity index (χ0v) is 8.85. The highest BCUT2D eigenvalue weighted by Gasteiger charge is 2.07. The van der Waals surface area contributed by atoms with Gasteiger partial charge in [0.2, 0.25) is 0 Å². The fraction of sp³-hybridized carbons (Fsp3) is 0.400. The minimum atomic E-state index is -0.734. The third-order valence-corrected chi connectivity index (χ3v) is 1.97. The largest absolute Gasteiger partial charge is 0.395 e. The van der Waals surface area contributed by atoms with Crippen LogP contribution in [0.15, 0.2) is 12.1 Å². The molecule has 1 aromatic rings. The Morgan fingerprint density at radius 2 is 2.00 bits per heavy atom. The van der Waals surface area contributed by atoms with E-state index in [9.17, 15) is 8.78 Å². The molecular formula is C10H15F2N3. The molecule has 0 saturated carbocycles. The van der Waals surface area contributed by atoms with Crippen LogP contribution in [0.4, 0.5) is 20.2 Å². The minimum absolute atomic E-state index is 0.0462. The molecule has 1 aromatic carbocycles. The lowest BCUT2D eigenvalue weighted by Gasteiger charge is -2.13. The van der Waals surface area contributed by atoms with Crippen molar-refractivity contribution in [2.75, 3.05) is 38.2 Å². The molecular weight excluding hydrogens is 200 g/mol. The lowest BCUT2D eigenvalue weighted by Crippen LogP contribution is -2.21. The van der Waals surface area contributed by atoms with Crippen LogP contribution in [-0.4, -0.2) is 32.1 Å². The first-order valence-electron chi connectivity index (χ1n) is 4.64. The van der Waals surface area contributed by atoms with Crippen molar-refractivity contribution in [2.24, 2.45) is 0 Å². The first-order chi connectivity index (χ1) is 7.00. The van der Waals surface area contributed by atoms with Gasteiger partial charge < -0.3 is 16.0 Å². The van der Waals surface area contributed by atoms with Gasteiger partial charge in [-0.25, -0.2) is 8.78 Å². The second kappa shape index (κ2) is 4.93. The highest BCUT2D eigenvalue weighted by molar-refractivity contribution is 5.66. The predicted octanol–water partition coefficient (Wildman–Crippen LogP) is 1.52. The maximum absolute atomic E-state index is 13.0. The van der Waals surface area contributed by atoms with Gasteiger partial charge in [0.1, 0.15) is 5.82 Å². The summed E-state index contributed by atoms with van der Waals surface area (Å²) in [5.74, 6) is -1.36. The Labute approximate surface area is 87.9 Å². The van der Waals surface area contributed by atoms with Gasteiger partial charge in [0.15, 0.2) is 5.82 Å². The molecule has 1 rings (SSSR count). The molecule has 0 atom stereocenters. The van der Waals surface area contributed by atoms with Crippen molar-refractivity contribution in [3.8, 4) is 0 Å². The highest BCUT2D eigenvalue weighted by atomic mass is 19.1. The standard InChI is InChI=1S/C10H15F2N3/c1-15(2)4-3-14-9-6-7(11)5-8(12)10(9)13/h5-6,14H,3-4,13H2,1-2H3. The predicted molar refractivity (Wildman–Crippen MR) is 57.8 cm³/mol. The third kappa shape index (κ3) is 3.36. The summed E-state index contributed by atoms with van der Waals surface area (Å²) in [6.45, 7) is 1.34. The van der Waals surface area contributed by atoms with E-state index in [1.807, 2.05) is 19.0 Å². The molecule has 0 radical (unpaired) electrons. The normalized spacial score (nSPS) is 10.7. The number of halogens is 2. The van der Waals surface area contributed by atoms with E-state index in [0.29, 0.717) is 12.2 Å². The number of nitrogen functional groups attached to an aromatic ring is 1. The molecule has 0 unspecified atom stereocenters. The van der Waals surface area contributed by atoms with Gasteiger partial charge in [0.25, 0.3) is 0 Å². The molecule has 0 aliphatic carbocycles. The number of rotatable bonds is 4. The Hall–Kier alpha value is -1.36. The molecule has 3 nitrogen and oxygen atoms in total. The summed E-state index contributed by atoms with van der Waals surface area (Å²) >= 11 is 0. The summed E-state index contributed by atoms with van der Waals surface area (Å²) in [6, 6.07) is 1.96. The summed E-state index contributed by atoms with van der Waals surface area (Å²) in [6.07, 6.45) is 0. The van der Waals surface area contributed by atoms with Crippen molar-refractivity contribution in [3.05, 3.63) is 23.8 Å². The van der Waals surface area contributed by atoms with Gasteiger partial charge >= 0.3 is 0 Å². The van der Waals surface area contributed by atoms with Crippen LogP contribution in [0.1, 0.15) is 0 Å². The van der Waals surface area contributed by atoms with E-state index < -0.39 is 11.6 Å². The SMILES string of the molecule is CN(C)CCNc1cc(F)cc(F)c1N. The van der Waals surface area contributed by atoms with Gasteiger partial charge in [-0.3, -0.25) is 0 Å². The molecule has 0 aliphatic heterocycles. The molecule has 0 heterocycles. The molecule has 15 heavy (non-hydrogen) atoms. The van der Waals surface area contributed by atoms with Crippen LogP contribution >= 0.6 is 0 Å². The Bertz CT molecular complexity index is 340. The molecule has 84 valence electrons. The van der Waals surface area contributed by atoms with Crippen molar-refractivity contribution < 1.29 is 8.78 Å². The van der Waals surface area contributed by atoms with Crippen molar-refractivity contribution in [3.63, 3.8) is 0 Å². The molecule has 0 fully saturated rings. The fourth-order valence-electron chi connectivity index (χ4n) is 1.15. The van der Waals surface area contributed by atoms with Gasteiger partial charge in [0, 0.05) is 19.2 Å². The summed E-state index contributed by atoms with van der Waals surface area (Å²) in [4.78, 5) is 1.96. The number of likely N-dealkylation sites (N-methyl/N-ethyl adjacent to an activating group) is 1. The molecule has 0 saturated heterocycles. The number of nitrogens with two attached hydrogens (primary N) is 1. The topological polar surface area (TPSA) is 41.3 Å². The average molecular weight is 215 g/mol. The summed E-state index contributed by atoms with van der Waals surface area (Å²) in [5, 5.41) is 2.88. The zero-order valence-electron chi connectivity index (χ0n) is 8.85. The van der Waals surface area contributed by atoms with Crippen LogP contribution in [0, 0.1) is 11.6 Å². The monoisotopic (exact) mass is 215 g/mol. The van der Waals surface area contributed by atoms with E-state index in [4.69, 9.17) is 5.73 Å². The lowest BCUT2D eigenvalue weighted by molar-refractivity contribution is 0.425. The van der Waals surface area contributed by atoms with Crippen LogP contribution in [0.2, 0.25) is 0 Å². The smallest absolute Gasteiger partial charge is 0.151 e. The maximum atomic E-state index is 13.0. The van der Waals surface area contributed by atoms with Gasteiger partial charge in [-0.2, -0.15) is 0 Å². The zero-order chi connectivity index (χ0) is 11.4. The Morgan fingerprint density at radius 1 is 1.33 bits per heavy atom. The van der Waals surface area contributed by atoms with Crippen LogP contribution < -0.4 is 11.1 Å². The average Bonchev–Trinajstić information content (AvgIpc) is 2.12. The first kappa shape index (κ1) is 11.7. The highest BCUT2D eigenvalue weighted by Crippen LogP contribution is 2.22. The van der Waals surface area contributed by atoms with E-state index in [-0.39, 0.29) is 5.69 Å². The van der Waals surface area contributed by atoms with E-state index in [0.717, 1.165) is 12.6 Å². The van der Waals surface area contributed by atoms with E-state index in [2.05, 4.69) is 5.32 Å². The van der Waals surface area contributed by atoms with E-state index in [1.165, 1.54) is 6.07 Å². The number of nitrogens with zero attached hydrogens (tertiary/aromatic N) is 1. The van der Waals surface area contributed by atoms with Gasteiger partial charge in [-0.1, -0.05) is 0 Å². The van der Waals surface area contributed by atoms with E-state index >= 15 is 0 Å². The Morgan fingerprint density at radius 3 is 2.60 bits per heavy atom. The van der Waals surface area contributed by atoms with Gasteiger partial charge in [-0.15, -0.1) is 0 Å². The Kier molecular flexibility index (Phi) is 3.85. The third-order valence-electron chi connectivity index (χ3n) is 1.97. The molecule has 0 amide bonds. The Balaban J connectivity index is 2.68. The van der Waals surface area contributed by atoms with Gasteiger partial charge in [-0.05, 0) is 20.2 Å². The van der Waals surface area contributed by atoms with Crippen molar-refractivity contribution in [1.82, 2.24) is 4.90 Å². The lowest BCUT2D eigenvalue weighted by atomic mass is 10.2.